The van der Waals surface area contributed by atoms with Gasteiger partial charge < -0.3 is 4.98 Å². The number of carbonyl (C=O) groups excluding carboxylic acids is 1. The summed E-state index contributed by atoms with van der Waals surface area (Å²) in [6.45, 7) is 1.46. The normalized spacial score (nSPS) is 10.5. The molecule has 3 aromatic rings. The van der Waals surface area contributed by atoms with Crippen molar-refractivity contribution in [1.82, 2.24) is 9.97 Å². The molecule has 0 aliphatic rings. The highest BCUT2D eigenvalue weighted by molar-refractivity contribution is 9.10. The third-order valence-corrected chi connectivity index (χ3v) is 3.71. The van der Waals surface area contributed by atoms with Gasteiger partial charge >= 0.3 is 0 Å². The van der Waals surface area contributed by atoms with E-state index in [2.05, 4.69) is 31.2 Å². The molecule has 0 unspecified atom stereocenters. The Morgan fingerprint density at radius 1 is 1.05 bits per heavy atom. The van der Waals surface area contributed by atoms with Gasteiger partial charge in [-0.2, -0.15) is 0 Å². The van der Waals surface area contributed by atoms with Gasteiger partial charge in [0.25, 0.3) is 0 Å². The van der Waals surface area contributed by atoms with Crippen LogP contribution in [0.1, 0.15) is 6.92 Å². The zero-order valence-electron chi connectivity index (χ0n) is 11.9. The summed E-state index contributed by atoms with van der Waals surface area (Å²) in [5, 5.41) is 2.70. The first kappa shape index (κ1) is 14.5. The van der Waals surface area contributed by atoms with E-state index in [1.165, 1.54) is 6.92 Å². The first-order chi connectivity index (χ1) is 10.6. The molecule has 0 aliphatic carbocycles. The van der Waals surface area contributed by atoms with Crippen molar-refractivity contribution in [2.45, 2.75) is 6.92 Å². The third kappa shape index (κ3) is 3.09. The van der Waals surface area contributed by atoms with Crippen LogP contribution < -0.4 is 5.32 Å². The smallest absolute Gasteiger partial charge is 0.223 e. The highest BCUT2D eigenvalue weighted by atomic mass is 79.9. The van der Waals surface area contributed by atoms with E-state index in [0.717, 1.165) is 27.0 Å². The van der Waals surface area contributed by atoms with Crippen molar-refractivity contribution in [1.29, 1.82) is 0 Å². The molecule has 22 heavy (non-hydrogen) atoms. The van der Waals surface area contributed by atoms with Crippen LogP contribution in [-0.4, -0.2) is 15.9 Å². The van der Waals surface area contributed by atoms with E-state index < -0.39 is 0 Å². The summed E-state index contributed by atoms with van der Waals surface area (Å²) in [5.74, 6) is 0.292. The average Bonchev–Trinajstić information content (AvgIpc) is 2.92. The predicted molar refractivity (Wildman–Crippen MR) is 91.5 cm³/mol. The molecule has 0 radical (unpaired) electrons. The van der Waals surface area contributed by atoms with Crippen LogP contribution in [0.4, 0.5) is 5.95 Å². The fourth-order valence-corrected chi connectivity index (χ4v) is 2.49. The standard InChI is InChI=1S/C17H14BrN3O/c1-11(22)19-17-20-15(12-5-3-2-4-6-12)16(21-17)13-7-9-14(18)10-8-13/h2-10H,1H3,(H2,19,20,21,22). The van der Waals surface area contributed by atoms with E-state index in [4.69, 9.17) is 0 Å². The number of anilines is 1. The number of rotatable bonds is 3. The minimum atomic E-state index is -0.157. The maximum absolute atomic E-state index is 11.3. The fraction of sp³-hybridized carbons (Fsp3) is 0.0588. The maximum Gasteiger partial charge on any atom is 0.223 e. The van der Waals surface area contributed by atoms with Gasteiger partial charge in [-0.05, 0) is 12.1 Å². The Bertz CT molecular complexity index is 795. The Hall–Kier alpha value is -2.40. The van der Waals surface area contributed by atoms with Crippen molar-refractivity contribution in [3.05, 3.63) is 59.1 Å². The predicted octanol–water partition coefficient (Wildman–Crippen LogP) is 4.46. The van der Waals surface area contributed by atoms with Crippen LogP contribution in [0.2, 0.25) is 0 Å². The van der Waals surface area contributed by atoms with Crippen LogP contribution in [0.15, 0.2) is 59.1 Å². The van der Waals surface area contributed by atoms with Crippen molar-refractivity contribution >= 4 is 27.8 Å². The van der Waals surface area contributed by atoms with Crippen molar-refractivity contribution in [2.24, 2.45) is 0 Å². The first-order valence-electron chi connectivity index (χ1n) is 6.82. The molecule has 0 aliphatic heterocycles. The lowest BCUT2D eigenvalue weighted by molar-refractivity contribution is -0.114. The number of aromatic amines is 1. The molecule has 2 aromatic carbocycles. The van der Waals surface area contributed by atoms with Crippen LogP contribution >= 0.6 is 15.9 Å². The molecule has 0 saturated carbocycles. The molecule has 4 nitrogen and oxygen atoms in total. The summed E-state index contributed by atoms with van der Waals surface area (Å²) in [5.41, 5.74) is 3.69. The topological polar surface area (TPSA) is 57.8 Å². The second-order valence-corrected chi connectivity index (χ2v) is 5.78. The molecular formula is C17H14BrN3O. The molecule has 110 valence electrons. The lowest BCUT2D eigenvalue weighted by Crippen LogP contribution is -2.06. The molecule has 2 N–H and O–H groups in total. The number of aromatic nitrogens is 2. The number of nitrogens with zero attached hydrogens (tertiary/aromatic N) is 1. The minimum absolute atomic E-state index is 0.157. The summed E-state index contributed by atoms with van der Waals surface area (Å²) in [6.07, 6.45) is 0. The van der Waals surface area contributed by atoms with Gasteiger partial charge in [0.05, 0.1) is 11.4 Å². The number of imidazole rings is 1. The van der Waals surface area contributed by atoms with E-state index in [0.29, 0.717) is 5.95 Å². The molecular weight excluding hydrogens is 342 g/mol. The second kappa shape index (κ2) is 6.15. The number of amides is 1. The van der Waals surface area contributed by atoms with Gasteiger partial charge in [0.1, 0.15) is 0 Å². The summed E-state index contributed by atoms with van der Waals surface area (Å²) in [7, 11) is 0. The Balaban J connectivity index is 2.12. The highest BCUT2D eigenvalue weighted by Gasteiger charge is 2.14. The van der Waals surface area contributed by atoms with Crippen molar-refractivity contribution < 1.29 is 4.79 Å². The van der Waals surface area contributed by atoms with Crippen LogP contribution in [0.25, 0.3) is 22.5 Å². The van der Waals surface area contributed by atoms with E-state index >= 15 is 0 Å². The molecule has 5 heteroatoms. The van der Waals surface area contributed by atoms with Gasteiger partial charge in [0.2, 0.25) is 11.9 Å². The van der Waals surface area contributed by atoms with Gasteiger partial charge in [0, 0.05) is 22.5 Å². The third-order valence-electron chi connectivity index (χ3n) is 3.18. The number of carbonyl (C=O) groups is 1. The van der Waals surface area contributed by atoms with E-state index in [9.17, 15) is 4.79 Å². The summed E-state index contributed by atoms with van der Waals surface area (Å²) in [6, 6.07) is 17.8. The minimum Gasteiger partial charge on any atom is -0.323 e. The Morgan fingerprint density at radius 3 is 2.36 bits per heavy atom. The van der Waals surface area contributed by atoms with Crippen LogP contribution in [0.3, 0.4) is 0 Å². The molecule has 3 rings (SSSR count). The highest BCUT2D eigenvalue weighted by Crippen LogP contribution is 2.32. The van der Waals surface area contributed by atoms with Crippen LogP contribution in [0, 0.1) is 0 Å². The molecule has 0 spiro atoms. The number of hydrogen-bond donors (Lipinski definition) is 2. The van der Waals surface area contributed by atoms with Gasteiger partial charge in [0.15, 0.2) is 0 Å². The molecule has 0 bridgehead atoms. The second-order valence-electron chi connectivity index (χ2n) is 4.86. The van der Waals surface area contributed by atoms with Crippen molar-refractivity contribution in [2.75, 3.05) is 5.32 Å². The van der Waals surface area contributed by atoms with E-state index in [1.54, 1.807) is 0 Å². The van der Waals surface area contributed by atoms with Crippen molar-refractivity contribution in [3.63, 3.8) is 0 Å². The van der Waals surface area contributed by atoms with Crippen molar-refractivity contribution in [3.8, 4) is 22.5 Å². The zero-order chi connectivity index (χ0) is 15.5. The number of hydrogen-bond acceptors (Lipinski definition) is 2. The average molecular weight is 356 g/mol. The van der Waals surface area contributed by atoms with Gasteiger partial charge in [-0.25, -0.2) is 4.98 Å². The van der Waals surface area contributed by atoms with Crippen LogP contribution in [0.5, 0.6) is 0 Å². The fourth-order valence-electron chi connectivity index (χ4n) is 2.23. The number of halogens is 1. The lowest BCUT2D eigenvalue weighted by Gasteiger charge is -2.03. The van der Waals surface area contributed by atoms with E-state index in [-0.39, 0.29) is 5.91 Å². The summed E-state index contributed by atoms with van der Waals surface area (Å²) in [4.78, 5) is 19.0. The molecule has 0 fully saturated rings. The van der Waals surface area contributed by atoms with Crippen LogP contribution in [-0.2, 0) is 4.79 Å². The summed E-state index contributed by atoms with van der Waals surface area (Å²) >= 11 is 3.44. The Labute approximate surface area is 136 Å². The van der Waals surface area contributed by atoms with Gasteiger partial charge in [-0.15, -0.1) is 0 Å². The first-order valence-corrected chi connectivity index (χ1v) is 7.62. The quantitative estimate of drug-likeness (QED) is 0.728. The molecule has 1 heterocycles. The Morgan fingerprint density at radius 2 is 1.73 bits per heavy atom. The summed E-state index contributed by atoms with van der Waals surface area (Å²) < 4.78 is 1.01. The maximum atomic E-state index is 11.3. The lowest BCUT2D eigenvalue weighted by atomic mass is 10.1. The molecule has 0 saturated heterocycles. The largest absolute Gasteiger partial charge is 0.323 e. The monoisotopic (exact) mass is 355 g/mol. The molecule has 0 atom stereocenters. The SMILES string of the molecule is CC(=O)Nc1nc(-c2ccccc2)c(-c2ccc(Br)cc2)[nH]1. The number of benzene rings is 2. The van der Waals surface area contributed by atoms with Gasteiger partial charge in [-0.1, -0.05) is 58.4 Å². The number of nitrogens with one attached hydrogen (secondary N) is 2. The zero-order valence-corrected chi connectivity index (χ0v) is 13.5. The van der Waals surface area contributed by atoms with E-state index in [1.807, 2.05) is 54.6 Å². The number of H-pyrrole nitrogens is 1. The van der Waals surface area contributed by atoms with Gasteiger partial charge in [-0.3, -0.25) is 10.1 Å². The molecule has 1 amide bonds. The molecule has 1 aromatic heterocycles. The Kier molecular flexibility index (Phi) is 4.06.